The first kappa shape index (κ1) is 19.5. The smallest absolute Gasteiger partial charge is 0.226 e. The van der Waals surface area contributed by atoms with Crippen LogP contribution in [0.1, 0.15) is 28.1 Å². The van der Waals surface area contributed by atoms with Crippen molar-refractivity contribution in [3.63, 3.8) is 0 Å². The lowest BCUT2D eigenvalue weighted by atomic mass is 10.0. The van der Waals surface area contributed by atoms with Gasteiger partial charge in [-0.2, -0.15) is 0 Å². The third-order valence-electron chi connectivity index (χ3n) is 5.51. The number of hydrogen-bond acceptors (Lipinski definition) is 5. The number of likely N-dealkylation sites (N-methyl/N-ethyl adjacent to an activating group) is 1. The first-order chi connectivity index (χ1) is 13.9. The Labute approximate surface area is 172 Å². The maximum Gasteiger partial charge on any atom is 0.226 e. The average Bonchev–Trinajstić information content (AvgIpc) is 3.25. The normalized spacial score (nSPS) is 15.4. The highest BCUT2D eigenvalue weighted by Gasteiger charge is 2.24. The van der Waals surface area contributed by atoms with Crippen LogP contribution in [0.5, 0.6) is 11.5 Å². The van der Waals surface area contributed by atoms with E-state index in [0.29, 0.717) is 5.89 Å². The molecule has 0 saturated heterocycles. The molecule has 0 fully saturated rings. The Morgan fingerprint density at radius 1 is 1.14 bits per heavy atom. The molecule has 29 heavy (non-hydrogen) atoms. The van der Waals surface area contributed by atoms with E-state index >= 15 is 0 Å². The quantitative estimate of drug-likeness (QED) is 0.608. The minimum atomic E-state index is 0.176. The van der Waals surface area contributed by atoms with Crippen LogP contribution in [-0.2, 0) is 13.0 Å². The molecule has 5 heteroatoms. The number of ether oxygens (including phenoxy) is 2. The molecule has 1 unspecified atom stereocenters. The lowest BCUT2D eigenvalue weighted by Gasteiger charge is -2.19. The summed E-state index contributed by atoms with van der Waals surface area (Å²) >= 11 is 0. The van der Waals surface area contributed by atoms with Crippen LogP contribution in [0, 0.1) is 20.8 Å². The van der Waals surface area contributed by atoms with E-state index in [1.54, 1.807) is 7.11 Å². The third kappa shape index (κ3) is 4.01. The van der Waals surface area contributed by atoms with E-state index in [9.17, 15) is 0 Å². The van der Waals surface area contributed by atoms with Crippen molar-refractivity contribution in [2.24, 2.45) is 0 Å². The van der Waals surface area contributed by atoms with E-state index in [-0.39, 0.29) is 6.10 Å². The van der Waals surface area contributed by atoms with Crippen molar-refractivity contribution >= 4 is 0 Å². The zero-order chi connectivity index (χ0) is 20.5. The van der Waals surface area contributed by atoms with E-state index in [1.807, 2.05) is 32.0 Å². The Morgan fingerprint density at radius 3 is 2.69 bits per heavy atom. The summed E-state index contributed by atoms with van der Waals surface area (Å²) < 4.78 is 17.5. The number of aryl methyl sites for hydroxylation is 3. The predicted molar refractivity (Wildman–Crippen MR) is 114 cm³/mol. The van der Waals surface area contributed by atoms with Gasteiger partial charge in [0.05, 0.1) is 12.8 Å². The van der Waals surface area contributed by atoms with Gasteiger partial charge in [0.15, 0.2) is 0 Å². The van der Waals surface area contributed by atoms with Gasteiger partial charge in [0.1, 0.15) is 23.4 Å². The molecule has 0 saturated carbocycles. The molecule has 152 valence electrons. The number of para-hydroxylation sites is 1. The lowest BCUT2D eigenvalue weighted by Crippen LogP contribution is -2.31. The van der Waals surface area contributed by atoms with E-state index < -0.39 is 0 Å². The summed E-state index contributed by atoms with van der Waals surface area (Å²) in [6, 6.07) is 12.4. The minimum Gasteiger partial charge on any atom is -0.496 e. The van der Waals surface area contributed by atoms with Crippen molar-refractivity contribution in [2.45, 2.75) is 39.8 Å². The minimum absolute atomic E-state index is 0.176. The summed E-state index contributed by atoms with van der Waals surface area (Å²) in [5.41, 5.74) is 5.42. The Kier molecular flexibility index (Phi) is 5.33. The highest BCUT2D eigenvalue weighted by Crippen LogP contribution is 2.31. The molecule has 1 aromatic heterocycles. The van der Waals surface area contributed by atoms with Crippen molar-refractivity contribution in [3.8, 4) is 23.0 Å². The van der Waals surface area contributed by atoms with Gasteiger partial charge in [0.25, 0.3) is 0 Å². The van der Waals surface area contributed by atoms with E-state index in [0.717, 1.165) is 59.2 Å². The molecule has 0 amide bonds. The number of methoxy groups -OCH3 is 1. The fourth-order valence-electron chi connectivity index (χ4n) is 3.95. The van der Waals surface area contributed by atoms with Crippen LogP contribution in [0.4, 0.5) is 0 Å². The monoisotopic (exact) mass is 392 g/mol. The molecule has 2 aromatic carbocycles. The fourth-order valence-corrected chi connectivity index (χ4v) is 3.95. The molecule has 0 aliphatic carbocycles. The largest absolute Gasteiger partial charge is 0.496 e. The number of aromatic nitrogens is 1. The number of rotatable bonds is 6. The van der Waals surface area contributed by atoms with Crippen LogP contribution in [0.25, 0.3) is 11.5 Å². The highest BCUT2D eigenvalue weighted by atomic mass is 16.5. The van der Waals surface area contributed by atoms with Gasteiger partial charge >= 0.3 is 0 Å². The summed E-state index contributed by atoms with van der Waals surface area (Å²) in [5, 5.41) is 0. The summed E-state index contributed by atoms with van der Waals surface area (Å²) in [5.74, 6) is 3.41. The second-order valence-electron chi connectivity index (χ2n) is 7.91. The Morgan fingerprint density at radius 2 is 1.93 bits per heavy atom. The number of nitrogens with zero attached hydrogens (tertiary/aromatic N) is 2. The van der Waals surface area contributed by atoms with Gasteiger partial charge in [-0.3, -0.25) is 4.90 Å². The van der Waals surface area contributed by atoms with Crippen molar-refractivity contribution in [3.05, 3.63) is 64.5 Å². The van der Waals surface area contributed by atoms with Gasteiger partial charge in [-0.25, -0.2) is 4.98 Å². The van der Waals surface area contributed by atoms with Gasteiger partial charge < -0.3 is 13.9 Å². The predicted octanol–water partition coefficient (Wildman–Crippen LogP) is 4.71. The average molecular weight is 392 g/mol. The van der Waals surface area contributed by atoms with Gasteiger partial charge in [0.2, 0.25) is 5.89 Å². The van der Waals surface area contributed by atoms with E-state index in [4.69, 9.17) is 18.9 Å². The number of fused-ring (bicyclic) bond motifs is 1. The molecular weight excluding hydrogens is 364 g/mol. The van der Waals surface area contributed by atoms with Crippen LogP contribution < -0.4 is 9.47 Å². The van der Waals surface area contributed by atoms with Crippen LogP contribution in [0.3, 0.4) is 0 Å². The van der Waals surface area contributed by atoms with Crippen molar-refractivity contribution in [2.75, 3.05) is 20.7 Å². The summed E-state index contributed by atoms with van der Waals surface area (Å²) in [7, 11) is 3.79. The molecule has 5 nitrogen and oxygen atoms in total. The summed E-state index contributed by atoms with van der Waals surface area (Å²) in [6.07, 6.45) is 1.13. The van der Waals surface area contributed by atoms with E-state index in [1.165, 1.54) is 5.56 Å². The van der Waals surface area contributed by atoms with Crippen molar-refractivity contribution in [1.29, 1.82) is 0 Å². The molecule has 0 radical (unpaired) electrons. The van der Waals surface area contributed by atoms with Gasteiger partial charge in [0, 0.05) is 25.1 Å². The van der Waals surface area contributed by atoms with Gasteiger partial charge in [-0.05, 0) is 62.7 Å². The molecule has 1 aliphatic heterocycles. The molecule has 3 aromatic rings. The Hall–Kier alpha value is -2.79. The van der Waals surface area contributed by atoms with Gasteiger partial charge in [-0.1, -0.05) is 18.2 Å². The maximum atomic E-state index is 6.07. The number of hydrogen-bond donors (Lipinski definition) is 0. The molecule has 1 atom stereocenters. The SMILES string of the molecule is COc1cc(C)c(-c2nc(CN(C)CC3Cc4ccccc4O3)c(C)o2)cc1C. The molecule has 4 rings (SSSR count). The topological polar surface area (TPSA) is 47.7 Å². The van der Waals surface area contributed by atoms with Crippen LogP contribution in [-0.4, -0.2) is 36.7 Å². The highest BCUT2D eigenvalue weighted by molar-refractivity contribution is 5.62. The first-order valence-electron chi connectivity index (χ1n) is 9.99. The Balaban J connectivity index is 1.46. The van der Waals surface area contributed by atoms with Gasteiger partial charge in [-0.15, -0.1) is 0 Å². The number of oxazole rings is 1. The summed E-state index contributed by atoms with van der Waals surface area (Å²) in [6.45, 7) is 7.63. The molecule has 0 spiro atoms. The lowest BCUT2D eigenvalue weighted by molar-refractivity contribution is 0.164. The Bertz CT molecular complexity index is 1000. The maximum absolute atomic E-state index is 6.07. The molecule has 1 aliphatic rings. The van der Waals surface area contributed by atoms with Crippen molar-refractivity contribution in [1.82, 2.24) is 9.88 Å². The third-order valence-corrected chi connectivity index (χ3v) is 5.51. The molecule has 2 heterocycles. The number of benzene rings is 2. The van der Waals surface area contributed by atoms with Crippen LogP contribution in [0.15, 0.2) is 40.8 Å². The standard InChI is InChI=1S/C24H28N2O3/c1-15-11-23(27-5)16(2)10-20(15)24-25-21(17(3)28-24)14-26(4)13-19-12-18-8-6-7-9-22(18)29-19/h6-11,19H,12-14H2,1-5H3. The second-order valence-corrected chi connectivity index (χ2v) is 7.91. The fraction of sp³-hybridized carbons (Fsp3) is 0.375. The summed E-state index contributed by atoms with van der Waals surface area (Å²) in [4.78, 5) is 7.05. The molecule has 0 N–H and O–H groups in total. The zero-order valence-electron chi connectivity index (χ0n) is 17.8. The van der Waals surface area contributed by atoms with Crippen LogP contribution in [0.2, 0.25) is 0 Å². The molecule has 0 bridgehead atoms. The second kappa shape index (κ2) is 7.91. The first-order valence-corrected chi connectivity index (χ1v) is 9.99. The molecular formula is C24H28N2O3. The van der Waals surface area contributed by atoms with Crippen LogP contribution >= 0.6 is 0 Å². The van der Waals surface area contributed by atoms with Crippen molar-refractivity contribution < 1.29 is 13.9 Å². The van der Waals surface area contributed by atoms with E-state index in [2.05, 4.69) is 37.1 Å². The zero-order valence-corrected chi connectivity index (χ0v) is 17.8.